The molecule has 1 N–H and O–H groups in total. The fourth-order valence-corrected chi connectivity index (χ4v) is 0.575. The monoisotopic (exact) mass is 135 g/mol. The van der Waals surface area contributed by atoms with Crippen LogP contribution in [0, 0.1) is 10.3 Å². The highest BCUT2D eigenvalue weighted by Gasteiger charge is 1.95. The van der Waals surface area contributed by atoms with Crippen LogP contribution in [0.25, 0.3) is 0 Å². The highest BCUT2D eigenvalue weighted by molar-refractivity contribution is 6.17. The molecule has 0 spiro atoms. The summed E-state index contributed by atoms with van der Waals surface area (Å²) < 4.78 is 0. The van der Waals surface area contributed by atoms with E-state index in [9.17, 15) is 4.91 Å². The smallest absolute Gasteiger partial charge is 0.0892 e. The molecule has 0 aliphatic heterocycles. The molecule has 0 aromatic rings. The second-order valence-electron chi connectivity index (χ2n) is 1.73. The van der Waals surface area contributed by atoms with Crippen LogP contribution in [-0.2, 0) is 0 Å². The van der Waals surface area contributed by atoms with E-state index in [0.717, 1.165) is 0 Å². The van der Waals surface area contributed by atoms with Gasteiger partial charge in [0.1, 0.15) is 0 Å². The Hall–Kier alpha value is -1.58. The highest BCUT2D eigenvalue weighted by atomic mass is 16.3. The van der Waals surface area contributed by atoms with E-state index < -0.39 is 0 Å². The van der Waals surface area contributed by atoms with Crippen LogP contribution >= 0.6 is 0 Å². The number of rotatable bonds is 1. The number of nitrogens with zero attached hydrogens (tertiary/aromatic N) is 2. The lowest BCUT2D eigenvalue weighted by Crippen LogP contribution is -1.97. The Morgan fingerprint density at radius 1 is 1.20 bits per heavy atom. The summed E-state index contributed by atoms with van der Waals surface area (Å²) in [6.45, 7) is 0. The van der Waals surface area contributed by atoms with Gasteiger partial charge in [-0.25, -0.2) is 0 Å². The van der Waals surface area contributed by atoms with Crippen LogP contribution in [0.5, 0.6) is 0 Å². The van der Waals surface area contributed by atoms with Gasteiger partial charge in [-0.3, -0.25) is 0 Å². The van der Waals surface area contributed by atoms with Crippen molar-refractivity contribution in [2.24, 2.45) is 10.4 Å². The topological polar surface area (TPSA) is 65.6 Å². The molecule has 0 heterocycles. The lowest BCUT2D eigenvalue weighted by atomic mass is 10.1. The molecular weight excluding hydrogens is 130 g/mol. The SMILES string of the molecule is N=C1C=CC(=NN=O)C=C1. The molecule has 0 bridgehead atoms. The van der Waals surface area contributed by atoms with Gasteiger partial charge >= 0.3 is 0 Å². The van der Waals surface area contributed by atoms with E-state index in [1.165, 1.54) is 0 Å². The van der Waals surface area contributed by atoms with Crippen LogP contribution in [0.15, 0.2) is 34.7 Å². The Balaban J connectivity index is 2.80. The van der Waals surface area contributed by atoms with Gasteiger partial charge < -0.3 is 5.41 Å². The third kappa shape index (κ3) is 1.45. The Labute approximate surface area is 57.4 Å². The van der Waals surface area contributed by atoms with Crippen molar-refractivity contribution in [1.29, 1.82) is 5.41 Å². The fraction of sp³-hybridized carbons (Fsp3) is 0. The molecule has 4 nitrogen and oxygen atoms in total. The minimum absolute atomic E-state index is 0.393. The van der Waals surface area contributed by atoms with Crippen molar-refractivity contribution in [3.63, 3.8) is 0 Å². The molecule has 1 aliphatic rings. The van der Waals surface area contributed by atoms with Crippen LogP contribution in [0.1, 0.15) is 0 Å². The second kappa shape index (κ2) is 2.82. The van der Waals surface area contributed by atoms with Crippen molar-refractivity contribution in [2.75, 3.05) is 0 Å². The third-order valence-electron chi connectivity index (χ3n) is 1.02. The molecule has 4 heteroatoms. The first-order valence-electron chi connectivity index (χ1n) is 2.68. The number of hydrogen-bond acceptors (Lipinski definition) is 3. The number of hydrogen-bond donors (Lipinski definition) is 1. The van der Waals surface area contributed by atoms with Gasteiger partial charge in [0.15, 0.2) is 0 Å². The van der Waals surface area contributed by atoms with E-state index in [4.69, 9.17) is 5.41 Å². The van der Waals surface area contributed by atoms with E-state index in [0.29, 0.717) is 11.4 Å². The summed E-state index contributed by atoms with van der Waals surface area (Å²) >= 11 is 0. The summed E-state index contributed by atoms with van der Waals surface area (Å²) in [6.07, 6.45) is 6.21. The molecule has 0 unspecified atom stereocenters. The summed E-state index contributed by atoms with van der Waals surface area (Å²) in [6, 6.07) is 0. The maximum absolute atomic E-state index is 9.60. The minimum atomic E-state index is 0.393. The maximum atomic E-state index is 9.60. The van der Waals surface area contributed by atoms with Gasteiger partial charge in [0.2, 0.25) is 0 Å². The molecule has 0 saturated carbocycles. The second-order valence-corrected chi connectivity index (χ2v) is 1.73. The Kier molecular flexibility index (Phi) is 1.84. The zero-order valence-corrected chi connectivity index (χ0v) is 5.11. The molecule has 50 valence electrons. The zero-order chi connectivity index (χ0) is 7.40. The normalized spacial score (nSPS) is 15.6. The van der Waals surface area contributed by atoms with E-state index >= 15 is 0 Å². The first kappa shape index (κ1) is 6.54. The first-order chi connectivity index (χ1) is 4.83. The van der Waals surface area contributed by atoms with Crippen molar-refractivity contribution in [3.05, 3.63) is 29.2 Å². The van der Waals surface area contributed by atoms with Crippen LogP contribution < -0.4 is 0 Å². The molecule has 1 rings (SSSR count). The standard InChI is InChI=1S/C6H5N3O/c7-5-1-3-6(4-2-5)8-9-10/h1-4,7H. The van der Waals surface area contributed by atoms with Gasteiger partial charge in [-0.05, 0) is 24.3 Å². The van der Waals surface area contributed by atoms with Gasteiger partial charge in [-0.15, -0.1) is 10.0 Å². The average Bonchev–Trinajstić information content (AvgIpc) is 1.95. The van der Waals surface area contributed by atoms with Crippen molar-refractivity contribution >= 4 is 11.4 Å². The van der Waals surface area contributed by atoms with Crippen LogP contribution in [0.2, 0.25) is 0 Å². The van der Waals surface area contributed by atoms with E-state index in [-0.39, 0.29) is 0 Å². The molecule has 0 saturated heterocycles. The van der Waals surface area contributed by atoms with E-state index in [1.54, 1.807) is 24.3 Å². The molecule has 0 aromatic heterocycles. The van der Waals surface area contributed by atoms with Gasteiger partial charge in [0, 0.05) is 0 Å². The summed E-state index contributed by atoms with van der Waals surface area (Å²) in [5, 5.41) is 12.7. The van der Waals surface area contributed by atoms with Crippen LogP contribution in [0.4, 0.5) is 0 Å². The molecule has 0 fully saturated rings. The zero-order valence-electron chi connectivity index (χ0n) is 5.11. The average molecular weight is 135 g/mol. The lowest BCUT2D eigenvalue weighted by Gasteiger charge is -1.94. The molecular formula is C6H5N3O. The van der Waals surface area contributed by atoms with Gasteiger partial charge in [-0.1, -0.05) is 0 Å². The third-order valence-corrected chi connectivity index (χ3v) is 1.02. The molecule has 0 aromatic carbocycles. The van der Waals surface area contributed by atoms with Crippen molar-refractivity contribution < 1.29 is 0 Å². The van der Waals surface area contributed by atoms with Crippen molar-refractivity contribution in [3.8, 4) is 0 Å². The van der Waals surface area contributed by atoms with Crippen molar-refractivity contribution in [2.45, 2.75) is 0 Å². The fourth-order valence-electron chi connectivity index (χ4n) is 0.575. The highest BCUT2D eigenvalue weighted by Crippen LogP contribution is 1.95. The minimum Gasteiger partial charge on any atom is -0.301 e. The predicted octanol–water partition coefficient (Wildman–Crippen LogP) is 1.25. The number of nitrogens with one attached hydrogen (secondary N) is 1. The largest absolute Gasteiger partial charge is 0.301 e. The number of allylic oxidation sites excluding steroid dienone is 4. The Morgan fingerprint density at radius 2 is 1.80 bits per heavy atom. The first-order valence-corrected chi connectivity index (χ1v) is 2.68. The predicted molar refractivity (Wildman–Crippen MR) is 39.2 cm³/mol. The van der Waals surface area contributed by atoms with Gasteiger partial charge in [0.25, 0.3) is 0 Å². The molecule has 0 atom stereocenters. The quantitative estimate of drug-likeness (QED) is 0.328. The van der Waals surface area contributed by atoms with Gasteiger partial charge in [0.05, 0.1) is 16.7 Å². The van der Waals surface area contributed by atoms with Crippen molar-refractivity contribution in [1.82, 2.24) is 0 Å². The van der Waals surface area contributed by atoms with Crippen LogP contribution in [-0.4, -0.2) is 11.4 Å². The maximum Gasteiger partial charge on any atom is 0.0892 e. The van der Waals surface area contributed by atoms with E-state index in [2.05, 4.69) is 10.4 Å². The Morgan fingerprint density at radius 3 is 2.30 bits per heavy atom. The lowest BCUT2D eigenvalue weighted by molar-refractivity contribution is 1.22. The summed E-state index contributed by atoms with van der Waals surface area (Å²) in [7, 11) is 0. The molecule has 1 aliphatic carbocycles. The van der Waals surface area contributed by atoms with E-state index in [1.807, 2.05) is 0 Å². The van der Waals surface area contributed by atoms with Gasteiger partial charge in [-0.2, -0.15) is 0 Å². The molecule has 0 amide bonds. The summed E-state index contributed by atoms with van der Waals surface area (Å²) in [5.41, 5.74) is 0.871. The summed E-state index contributed by atoms with van der Waals surface area (Å²) in [4.78, 5) is 9.60. The number of nitroso groups, excluding NO2 is 1. The van der Waals surface area contributed by atoms with Crippen LogP contribution in [0.3, 0.4) is 0 Å². The summed E-state index contributed by atoms with van der Waals surface area (Å²) in [5.74, 6) is 0. The molecule has 10 heavy (non-hydrogen) atoms. The Bertz CT molecular complexity index is 232. The molecule has 0 radical (unpaired) electrons.